The molecule has 1 fully saturated rings. The number of ketones is 1. The Balaban J connectivity index is 1.44. The van der Waals surface area contributed by atoms with Gasteiger partial charge in [0.2, 0.25) is 11.7 Å². The highest BCUT2D eigenvalue weighted by molar-refractivity contribution is 6.22. The molecule has 128 valence electrons. The summed E-state index contributed by atoms with van der Waals surface area (Å²) >= 11 is 0. The molecule has 26 heavy (non-hydrogen) atoms. The smallest absolute Gasteiger partial charge is 0.225 e. The SMILES string of the molecule is O=C1C(N2CCN(c3ncccn3)CC2)=Cc2cccc3cccc1c23. The summed E-state index contributed by atoms with van der Waals surface area (Å²) in [6, 6.07) is 14.0. The van der Waals surface area contributed by atoms with E-state index < -0.39 is 0 Å². The lowest BCUT2D eigenvalue weighted by Crippen LogP contribution is -2.47. The van der Waals surface area contributed by atoms with E-state index in [4.69, 9.17) is 0 Å². The summed E-state index contributed by atoms with van der Waals surface area (Å²) in [6.45, 7) is 3.18. The van der Waals surface area contributed by atoms with E-state index in [0.29, 0.717) is 0 Å². The Kier molecular flexibility index (Phi) is 3.45. The molecule has 0 radical (unpaired) electrons. The Morgan fingerprint density at radius 2 is 1.50 bits per heavy atom. The molecule has 0 spiro atoms. The van der Waals surface area contributed by atoms with Crippen LogP contribution in [0, 0.1) is 0 Å². The molecule has 5 rings (SSSR count). The third kappa shape index (κ3) is 2.36. The van der Waals surface area contributed by atoms with Gasteiger partial charge >= 0.3 is 0 Å². The van der Waals surface area contributed by atoms with Crippen molar-refractivity contribution in [2.45, 2.75) is 0 Å². The van der Waals surface area contributed by atoms with Crippen LogP contribution in [0.2, 0.25) is 0 Å². The van der Waals surface area contributed by atoms with E-state index in [9.17, 15) is 4.79 Å². The first-order valence-electron chi connectivity index (χ1n) is 8.86. The van der Waals surface area contributed by atoms with Gasteiger partial charge in [-0.3, -0.25) is 4.79 Å². The molecule has 1 aliphatic carbocycles. The van der Waals surface area contributed by atoms with Crippen LogP contribution in [0.25, 0.3) is 16.8 Å². The van der Waals surface area contributed by atoms with Gasteiger partial charge in [0.1, 0.15) is 0 Å². The van der Waals surface area contributed by atoms with Crippen LogP contribution in [0.15, 0.2) is 60.6 Å². The number of hydrogen-bond acceptors (Lipinski definition) is 5. The fourth-order valence-electron chi connectivity index (χ4n) is 3.87. The largest absolute Gasteiger partial charge is 0.365 e. The minimum absolute atomic E-state index is 0.124. The normalized spacial score (nSPS) is 16.8. The Morgan fingerprint density at radius 1 is 0.808 bits per heavy atom. The molecule has 2 aliphatic rings. The molecule has 0 unspecified atom stereocenters. The Bertz CT molecular complexity index is 1020. The maximum absolute atomic E-state index is 13.1. The van der Waals surface area contributed by atoms with E-state index in [1.807, 2.05) is 24.3 Å². The van der Waals surface area contributed by atoms with Crippen molar-refractivity contribution in [3.63, 3.8) is 0 Å². The second kappa shape index (κ2) is 5.95. The van der Waals surface area contributed by atoms with E-state index in [-0.39, 0.29) is 5.78 Å². The number of benzene rings is 2. The molecule has 0 amide bonds. The molecule has 2 heterocycles. The Morgan fingerprint density at radius 3 is 2.27 bits per heavy atom. The summed E-state index contributed by atoms with van der Waals surface area (Å²) in [5, 5.41) is 2.19. The summed E-state index contributed by atoms with van der Waals surface area (Å²) in [5.74, 6) is 0.880. The molecule has 2 aromatic carbocycles. The van der Waals surface area contributed by atoms with E-state index >= 15 is 0 Å². The zero-order valence-corrected chi connectivity index (χ0v) is 14.3. The number of anilines is 1. The minimum Gasteiger partial charge on any atom is -0.365 e. The number of piperazine rings is 1. The average Bonchev–Trinajstić information content (AvgIpc) is 2.71. The van der Waals surface area contributed by atoms with Gasteiger partial charge in [0, 0.05) is 49.5 Å². The maximum atomic E-state index is 13.1. The lowest BCUT2D eigenvalue weighted by Gasteiger charge is -2.37. The van der Waals surface area contributed by atoms with Crippen molar-refractivity contribution in [1.82, 2.24) is 14.9 Å². The summed E-state index contributed by atoms with van der Waals surface area (Å²) in [5.41, 5.74) is 2.73. The first-order valence-corrected chi connectivity index (χ1v) is 8.86. The van der Waals surface area contributed by atoms with Crippen LogP contribution in [-0.2, 0) is 0 Å². The molecule has 0 bridgehead atoms. The first-order chi connectivity index (χ1) is 12.8. The highest BCUT2D eigenvalue weighted by Gasteiger charge is 2.28. The predicted molar refractivity (Wildman–Crippen MR) is 102 cm³/mol. The van der Waals surface area contributed by atoms with Gasteiger partial charge in [-0.1, -0.05) is 36.4 Å². The second-order valence-corrected chi connectivity index (χ2v) is 6.63. The molecule has 5 nitrogen and oxygen atoms in total. The number of hydrogen-bond donors (Lipinski definition) is 0. The van der Waals surface area contributed by atoms with Gasteiger partial charge < -0.3 is 9.80 Å². The maximum Gasteiger partial charge on any atom is 0.225 e. The van der Waals surface area contributed by atoms with E-state index in [0.717, 1.165) is 59.7 Å². The quantitative estimate of drug-likeness (QED) is 0.717. The van der Waals surface area contributed by atoms with Crippen molar-refractivity contribution < 1.29 is 4.79 Å². The Labute approximate surface area is 151 Å². The standard InChI is InChI=1S/C21H18N4O/c26-20-17-7-2-5-15-4-1-6-16(19(15)17)14-18(20)24-10-12-25(13-11-24)21-22-8-3-9-23-21/h1-9,14H,10-13H2. The van der Waals surface area contributed by atoms with Crippen LogP contribution in [0.4, 0.5) is 5.95 Å². The summed E-state index contributed by atoms with van der Waals surface area (Å²) in [4.78, 5) is 26.1. The zero-order chi connectivity index (χ0) is 17.5. The minimum atomic E-state index is 0.124. The van der Waals surface area contributed by atoms with Crippen LogP contribution >= 0.6 is 0 Å². The molecular weight excluding hydrogens is 324 g/mol. The highest BCUT2D eigenvalue weighted by Crippen LogP contribution is 2.32. The second-order valence-electron chi connectivity index (χ2n) is 6.63. The van der Waals surface area contributed by atoms with Crippen molar-refractivity contribution >= 4 is 28.6 Å². The number of carbonyl (C=O) groups is 1. The van der Waals surface area contributed by atoms with Crippen LogP contribution < -0.4 is 4.90 Å². The Hall–Kier alpha value is -3.21. The molecule has 1 saturated heterocycles. The van der Waals surface area contributed by atoms with Crippen molar-refractivity contribution in [3.8, 4) is 0 Å². The molecule has 5 heteroatoms. The lowest BCUT2D eigenvalue weighted by atomic mass is 9.90. The fourth-order valence-corrected chi connectivity index (χ4v) is 3.87. The molecule has 0 atom stereocenters. The molecule has 1 aliphatic heterocycles. The number of nitrogens with zero attached hydrogens (tertiary/aromatic N) is 4. The van der Waals surface area contributed by atoms with E-state index in [1.54, 1.807) is 12.4 Å². The number of Topliss-reactive ketones (excluding diaryl/α,β-unsaturated/α-hetero) is 1. The van der Waals surface area contributed by atoms with Gasteiger partial charge in [0.05, 0.1) is 5.70 Å². The van der Waals surface area contributed by atoms with Gasteiger partial charge in [-0.15, -0.1) is 0 Å². The third-order valence-corrected chi connectivity index (χ3v) is 5.16. The van der Waals surface area contributed by atoms with E-state index in [2.05, 4.69) is 44.0 Å². The lowest BCUT2D eigenvalue weighted by molar-refractivity contribution is 0.0991. The first kappa shape index (κ1) is 15.1. The molecule has 3 aromatic rings. The number of rotatable bonds is 2. The molecule has 0 saturated carbocycles. The van der Waals surface area contributed by atoms with Gasteiger partial charge in [-0.2, -0.15) is 0 Å². The monoisotopic (exact) mass is 342 g/mol. The fraction of sp³-hybridized carbons (Fsp3) is 0.190. The summed E-state index contributed by atoms with van der Waals surface area (Å²) in [6.07, 6.45) is 5.57. The van der Waals surface area contributed by atoms with Gasteiger partial charge in [0.25, 0.3) is 0 Å². The van der Waals surface area contributed by atoms with E-state index in [1.165, 1.54) is 0 Å². The number of carbonyl (C=O) groups excluding carboxylic acids is 1. The number of allylic oxidation sites excluding steroid dienone is 1. The van der Waals surface area contributed by atoms with Crippen LogP contribution in [0.5, 0.6) is 0 Å². The van der Waals surface area contributed by atoms with Gasteiger partial charge in [0.15, 0.2) is 0 Å². The zero-order valence-electron chi connectivity index (χ0n) is 14.3. The van der Waals surface area contributed by atoms with Gasteiger partial charge in [-0.25, -0.2) is 9.97 Å². The predicted octanol–water partition coefficient (Wildman–Crippen LogP) is 2.99. The topological polar surface area (TPSA) is 49.3 Å². The summed E-state index contributed by atoms with van der Waals surface area (Å²) in [7, 11) is 0. The molecule has 1 aromatic heterocycles. The van der Waals surface area contributed by atoms with Crippen LogP contribution in [0.3, 0.4) is 0 Å². The van der Waals surface area contributed by atoms with Crippen molar-refractivity contribution in [2.24, 2.45) is 0 Å². The van der Waals surface area contributed by atoms with Crippen LogP contribution in [-0.4, -0.2) is 46.8 Å². The van der Waals surface area contributed by atoms with Crippen LogP contribution in [0.1, 0.15) is 15.9 Å². The summed E-state index contributed by atoms with van der Waals surface area (Å²) < 4.78 is 0. The number of aromatic nitrogens is 2. The van der Waals surface area contributed by atoms with Crippen molar-refractivity contribution in [3.05, 3.63) is 71.7 Å². The highest BCUT2D eigenvalue weighted by atomic mass is 16.1. The molecular formula is C21H18N4O. The molecule has 0 N–H and O–H groups in total. The van der Waals surface area contributed by atoms with Crippen molar-refractivity contribution in [1.29, 1.82) is 0 Å². The third-order valence-electron chi connectivity index (χ3n) is 5.16. The van der Waals surface area contributed by atoms with Crippen molar-refractivity contribution in [2.75, 3.05) is 31.1 Å². The average molecular weight is 342 g/mol. The van der Waals surface area contributed by atoms with Gasteiger partial charge in [-0.05, 0) is 23.1 Å².